The number of nitrogens with zero attached hydrogens (tertiary/aromatic N) is 4. The van der Waals surface area contributed by atoms with Crippen molar-refractivity contribution in [1.29, 1.82) is 0 Å². The molecule has 0 saturated heterocycles. The van der Waals surface area contributed by atoms with Gasteiger partial charge in [0, 0.05) is 29.9 Å². The lowest BCUT2D eigenvalue weighted by molar-refractivity contribution is 0.925. The van der Waals surface area contributed by atoms with Gasteiger partial charge in [0.15, 0.2) is 5.65 Å². The van der Waals surface area contributed by atoms with Crippen LogP contribution in [0.2, 0.25) is 0 Å². The lowest BCUT2D eigenvalue weighted by Crippen LogP contribution is -2.25. The molecular formula is C23H16N4OS. The van der Waals surface area contributed by atoms with E-state index in [1.54, 1.807) is 34.5 Å². The summed E-state index contributed by atoms with van der Waals surface area (Å²) in [6.45, 7) is 0. The average molecular weight is 396 g/mol. The largest absolute Gasteiger partial charge is 0.278 e. The van der Waals surface area contributed by atoms with E-state index in [4.69, 9.17) is 0 Å². The molecule has 4 aromatic heterocycles. The van der Waals surface area contributed by atoms with Gasteiger partial charge >= 0.3 is 0 Å². The Bertz CT molecular complexity index is 1340. The highest BCUT2D eigenvalue weighted by Gasteiger charge is 2.14. The first-order valence-corrected chi connectivity index (χ1v) is 10.1. The number of hydrogen-bond donors (Lipinski definition) is 0. The summed E-state index contributed by atoms with van der Waals surface area (Å²) in [5, 5.41) is 2.05. The number of benzene rings is 1. The number of thiophene rings is 1. The molecule has 0 aliphatic rings. The van der Waals surface area contributed by atoms with E-state index in [2.05, 4.69) is 21.0 Å². The number of pyridine rings is 2. The Morgan fingerprint density at radius 3 is 2.72 bits per heavy atom. The third-order valence-corrected chi connectivity index (χ3v) is 5.61. The van der Waals surface area contributed by atoms with E-state index < -0.39 is 0 Å². The first-order chi connectivity index (χ1) is 14.3. The van der Waals surface area contributed by atoms with Gasteiger partial charge in [0.05, 0.1) is 5.69 Å². The molecule has 4 heterocycles. The zero-order valence-electron chi connectivity index (χ0n) is 15.4. The van der Waals surface area contributed by atoms with Crippen LogP contribution in [0.15, 0.2) is 89.4 Å². The Labute approximate surface area is 171 Å². The van der Waals surface area contributed by atoms with Crippen LogP contribution in [-0.4, -0.2) is 19.5 Å². The molecule has 0 saturated carbocycles. The summed E-state index contributed by atoms with van der Waals surface area (Å²) in [6.07, 6.45) is 5.58. The van der Waals surface area contributed by atoms with Gasteiger partial charge in [0.25, 0.3) is 5.56 Å². The van der Waals surface area contributed by atoms with Gasteiger partial charge in [-0.25, -0.2) is 9.97 Å². The molecule has 0 spiro atoms. The van der Waals surface area contributed by atoms with Crippen LogP contribution in [0.5, 0.6) is 0 Å². The van der Waals surface area contributed by atoms with Crippen molar-refractivity contribution in [2.45, 2.75) is 6.42 Å². The minimum Gasteiger partial charge on any atom is -0.267 e. The minimum atomic E-state index is -0.164. The Morgan fingerprint density at radius 1 is 0.966 bits per heavy atom. The summed E-state index contributed by atoms with van der Waals surface area (Å²) in [5.41, 5.74) is 4.34. The number of fused-ring (bicyclic) bond motifs is 1. The van der Waals surface area contributed by atoms with Gasteiger partial charge in [0.2, 0.25) is 0 Å². The molecule has 5 aromatic rings. The summed E-state index contributed by atoms with van der Waals surface area (Å²) >= 11 is 1.67. The molecule has 140 valence electrons. The molecule has 0 bridgehead atoms. The Morgan fingerprint density at radius 2 is 1.90 bits per heavy atom. The molecule has 6 heteroatoms. The van der Waals surface area contributed by atoms with Gasteiger partial charge in [-0.05, 0) is 52.9 Å². The average Bonchev–Trinajstić information content (AvgIpc) is 3.30. The fourth-order valence-electron chi connectivity index (χ4n) is 3.36. The van der Waals surface area contributed by atoms with E-state index in [1.807, 2.05) is 60.0 Å². The number of hydrogen-bond acceptors (Lipinski definition) is 5. The minimum absolute atomic E-state index is 0.164. The zero-order valence-corrected chi connectivity index (χ0v) is 16.2. The van der Waals surface area contributed by atoms with Crippen molar-refractivity contribution in [2.24, 2.45) is 0 Å². The predicted molar refractivity (Wildman–Crippen MR) is 115 cm³/mol. The second kappa shape index (κ2) is 7.41. The SMILES string of the molecule is O=c1c(Cc2cccnc2)nc2cccnc2n1-c1cccc(-c2cccs2)c1. The van der Waals surface area contributed by atoms with Crippen LogP contribution < -0.4 is 5.56 Å². The van der Waals surface area contributed by atoms with Crippen molar-refractivity contribution in [2.75, 3.05) is 0 Å². The van der Waals surface area contributed by atoms with E-state index in [0.29, 0.717) is 23.3 Å². The summed E-state index contributed by atoms with van der Waals surface area (Å²) < 4.78 is 1.66. The summed E-state index contributed by atoms with van der Waals surface area (Å²) in [6, 6.07) is 19.6. The molecule has 0 fully saturated rings. The molecule has 29 heavy (non-hydrogen) atoms. The van der Waals surface area contributed by atoms with Crippen LogP contribution in [0.25, 0.3) is 27.3 Å². The molecule has 0 radical (unpaired) electrons. The zero-order chi connectivity index (χ0) is 19.6. The first-order valence-electron chi connectivity index (χ1n) is 9.19. The molecule has 0 N–H and O–H groups in total. The van der Waals surface area contributed by atoms with Crippen molar-refractivity contribution in [3.63, 3.8) is 0 Å². The third kappa shape index (κ3) is 3.34. The first kappa shape index (κ1) is 17.5. The van der Waals surface area contributed by atoms with Gasteiger partial charge in [-0.2, -0.15) is 0 Å². The Hall–Kier alpha value is -3.64. The molecule has 0 amide bonds. The third-order valence-electron chi connectivity index (χ3n) is 4.69. The Kier molecular flexibility index (Phi) is 4.46. The van der Waals surface area contributed by atoms with Crippen LogP contribution in [-0.2, 0) is 6.42 Å². The quantitative estimate of drug-likeness (QED) is 0.449. The van der Waals surface area contributed by atoms with Crippen LogP contribution in [0.4, 0.5) is 0 Å². The van der Waals surface area contributed by atoms with Crippen LogP contribution in [0.1, 0.15) is 11.3 Å². The number of rotatable bonds is 4. The highest BCUT2D eigenvalue weighted by molar-refractivity contribution is 7.13. The maximum absolute atomic E-state index is 13.4. The lowest BCUT2D eigenvalue weighted by Gasteiger charge is -2.12. The molecular weight excluding hydrogens is 380 g/mol. The molecule has 5 nitrogen and oxygen atoms in total. The van der Waals surface area contributed by atoms with Crippen molar-refractivity contribution in [3.05, 3.63) is 106 Å². The van der Waals surface area contributed by atoms with E-state index >= 15 is 0 Å². The lowest BCUT2D eigenvalue weighted by atomic mass is 10.1. The predicted octanol–water partition coefficient (Wildman–Crippen LogP) is 4.50. The van der Waals surface area contributed by atoms with Gasteiger partial charge in [0.1, 0.15) is 11.2 Å². The van der Waals surface area contributed by atoms with Crippen molar-refractivity contribution >= 4 is 22.5 Å². The fraction of sp³-hybridized carbons (Fsp3) is 0.0435. The van der Waals surface area contributed by atoms with Crippen LogP contribution in [0.3, 0.4) is 0 Å². The summed E-state index contributed by atoms with van der Waals surface area (Å²) in [4.78, 5) is 27.8. The van der Waals surface area contributed by atoms with Gasteiger partial charge in [-0.15, -0.1) is 11.3 Å². The van der Waals surface area contributed by atoms with Crippen LogP contribution >= 0.6 is 11.3 Å². The highest BCUT2D eigenvalue weighted by atomic mass is 32.1. The van der Waals surface area contributed by atoms with Crippen LogP contribution in [0, 0.1) is 0 Å². The molecule has 0 unspecified atom stereocenters. The summed E-state index contributed by atoms with van der Waals surface area (Å²) in [5.74, 6) is 0. The van der Waals surface area contributed by atoms with Gasteiger partial charge < -0.3 is 0 Å². The van der Waals surface area contributed by atoms with Crippen molar-refractivity contribution < 1.29 is 0 Å². The van der Waals surface area contributed by atoms with E-state index in [1.165, 1.54) is 0 Å². The standard InChI is InChI=1S/C23H16N4OS/c28-23-20(13-16-5-2-10-24-15-16)26-19-8-3-11-25-22(19)27(23)18-7-1-6-17(14-18)21-9-4-12-29-21/h1-12,14-15H,13H2. The maximum atomic E-state index is 13.4. The molecule has 0 aliphatic heterocycles. The molecule has 0 atom stereocenters. The topological polar surface area (TPSA) is 60.7 Å². The smallest absolute Gasteiger partial charge is 0.267 e. The van der Waals surface area contributed by atoms with Crippen molar-refractivity contribution in [3.8, 4) is 16.1 Å². The molecule has 0 aliphatic carbocycles. The monoisotopic (exact) mass is 396 g/mol. The molecule has 1 aromatic carbocycles. The number of aromatic nitrogens is 4. The molecule has 5 rings (SSSR count). The van der Waals surface area contributed by atoms with Gasteiger partial charge in [-0.1, -0.05) is 24.3 Å². The Balaban J connectivity index is 1.72. The second-order valence-electron chi connectivity index (χ2n) is 6.61. The van der Waals surface area contributed by atoms with E-state index in [9.17, 15) is 4.79 Å². The van der Waals surface area contributed by atoms with E-state index in [-0.39, 0.29) is 5.56 Å². The fourth-order valence-corrected chi connectivity index (χ4v) is 4.08. The second-order valence-corrected chi connectivity index (χ2v) is 7.56. The highest BCUT2D eigenvalue weighted by Crippen LogP contribution is 2.26. The maximum Gasteiger partial charge on any atom is 0.278 e. The van der Waals surface area contributed by atoms with Crippen molar-refractivity contribution in [1.82, 2.24) is 19.5 Å². The van der Waals surface area contributed by atoms with Gasteiger partial charge in [-0.3, -0.25) is 14.3 Å². The summed E-state index contributed by atoms with van der Waals surface area (Å²) in [7, 11) is 0. The van der Waals surface area contributed by atoms with E-state index in [0.717, 1.165) is 21.7 Å². The normalized spacial score (nSPS) is 11.0.